The summed E-state index contributed by atoms with van der Waals surface area (Å²) in [5.41, 5.74) is 10.5. The lowest BCUT2D eigenvalue weighted by molar-refractivity contribution is -0.137. The molecule has 28 heavy (non-hydrogen) atoms. The smallest absolute Gasteiger partial charge is 0.383 e. The molecule has 5 N–H and O–H groups in total. The molecule has 7 nitrogen and oxygen atoms in total. The predicted molar refractivity (Wildman–Crippen MR) is 102 cm³/mol. The standard InChI is InChI=1S/C16H17ClF3N7S/c17-12-11(7-5-10(16(18,19)20)13(22)23-6-7)25-15-27(12)26-14(28-15)24-9-3-1-8(21)2-4-9/h5-6,8-9H,1-4,21H2,(H2,22,23)(H,24,26). The second kappa shape index (κ2) is 7.05. The summed E-state index contributed by atoms with van der Waals surface area (Å²) in [6.45, 7) is 0. The fourth-order valence-electron chi connectivity index (χ4n) is 3.24. The maximum atomic E-state index is 13.1. The van der Waals surface area contributed by atoms with Crippen LogP contribution in [0, 0.1) is 0 Å². The van der Waals surface area contributed by atoms with Crippen molar-refractivity contribution in [1.29, 1.82) is 0 Å². The highest BCUT2D eigenvalue weighted by atomic mass is 35.5. The summed E-state index contributed by atoms with van der Waals surface area (Å²) in [5, 5.41) is 8.52. The second-order valence-electron chi connectivity index (χ2n) is 6.76. The molecule has 0 bridgehead atoms. The third kappa shape index (κ3) is 3.61. The van der Waals surface area contributed by atoms with E-state index in [0.717, 1.165) is 31.7 Å². The molecule has 4 rings (SSSR count). The van der Waals surface area contributed by atoms with Gasteiger partial charge in [-0.3, -0.25) is 0 Å². The summed E-state index contributed by atoms with van der Waals surface area (Å²) < 4.78 is 40.7. The van der Waals surface area contributed by atoms with E-state index >= 15 is 0 Å². The van der Waals surface area contributed by atoms with Crippen LogP contribution in [0.5, 0.6) is 0 Å². The minimum Gasteiger partial charge on any atom is -0.383 e. The number of halogens is 4. The molecule has 0 atom stereocenters. The van der Waals surface area contributed by atoms with E-state index in [2.05, 4.69) is 20.4 Å². The highest BCUT2D eigenvalue weighted by Crippen LogP contribution is 2.37. The van der Waals surface area contributed by atoms with Crippen LogP contribution in [0.15, 0.2) is 12.3 Å². The van der Waals surface area contributed by atoms with Crippen molar-refractivity contribution < 1.29 is 13.2 Å². The molecule has 0 unspecified atom stereocenters. The van der Waals surface area contributed by atoms with Gasteiger partial charge in [-0.1, -0.05) is 22.9 Å². The zero-order valence-electron chi connectivity index (χ0n) is 14.5. The number of anilines is 2. The first-order valence-electron chi connectivity index (χ1n) is 8.62. The summed E-state index contributed by atoms with van der Waals surface area (Å²) in [7, 11) is 0. The molecule has 1 fully saturated rings. The number of nitrogens with one attached hydrogen (secondary N) is 1. The third-order valence-electron chi connectivity index (χ3n) is 4.75. The molecule has 3 aromatic heterocycles. The van der Waals surface area contributed by atoms with Crippen LogP contribution in [0.2, 0.25) is 5.15 Å². The molecule has 0 aromatic carbocycles. The lowest BCUT2D eigenvalue weighted by atomic mass is 9.92. The summed E-state index contributed by atoms with van der Waals surface area (Å²) in [5.74, 6) is -0.592. The number of alkyl halides is 3. The highest BCUT2D eigenvalue weighted by Gasteiger charge is 2.34. The van der Waals surface area contributed by atoms with E-state index in [1.807, 2.05) is 0 Å². The Labute approximate surface area is 166 Å². The van der Waals surface area contributed by atoms with Gasteiger partial charge in [0.2, 0.25) is 10.1 Å². The number of nitrogens with zero attached hydrogens (tertiary/aromatic N) is 4. The largest absolute Gasteiger partial charge is 0.419 e. The van der Waals surface area contributed by atoms with Gasteiger partial charge in [0, 0.05) is 23.8 Å². The average molecular weight is 432 g/mol. The third-order valence-corrected chi connectivity index (χ3v) is 5.92. The zero-order chi connectivity index (χ0) is 20.1. The zero-order valence-corrected chi connectivity index (χ0v) is 16.1. The van der Waals surface area contributed by atoms with Crippen molar-refractivity contribution in [1.82, 2.24) is 19.6 Å². The molecule has 0 spiro atoms. The molecule has 0 amide bonds. The maximum Gasteiger partial charge on any atom is 0.419 e. The molecule has 3 aromatic rings. The number of fused-ring (bicyclic) bond motifs is 1. The molecule has 3 heterocycles. The quantitative estimate of drug-likeness (QED) is 0.582. The molecular weight excluding hydrogens is 415 g/mol. The SMILES string of the molecule is Nc1ncc(-c2nc3sc(NC4CCC(N)CC4)nn3c2Cl)cc1C(F)(F)F. The first-order chi connectivity index (χ1) is 13.2. The minimum absolute atomic E-state index is 0.115. The van der Waals surface area contributed by atoms with Crippen molar-refractivity contribution in [3.63, 3.8) is 0 Å². The number of nitrogens with two attached hydrogens (primary N) is 2. The Kier molecular flexibility index (Phi) is 4.84. The van der Waals surface area contributed by atoms with Crippen molar-refractivity contribution in [3.8, 4) is 11.3 Å². The van der Waals surface area contributed by atoms with Crippen LogP contribution in [-0.4, -0.2) is 31.7 Å². The first-order valence-corrected chi connectivity index (χ1v) is 9.82. The Morgan fingerprint density at radius 2 is 1.96 bits per heavy atom. The Balaban J connectivity index is 1.62. The maximum absolute atomic E-state index is 13.1. The van der Waals surface area contributed by atoms with E-state index in [1.54, 1.807) is 0 Å². The molecule has 150 valence electrons. The van der Waals surface area contributed by atoms with Crippen molar-refractivity contribution in [3.05, 3.63) is 23.0 Å². The van der Waals surface area contributed by atoms with Gasteiger partial charge in [0.1, 0.15) is 11.5 Å². The Morgan fingerprint density at radius 3 is 2.61 bits per heavy atom. The van der Waals surface area contributed by atoms with E-state index in [1.165, 1.54) is 22.0 Å². The Hall–Kier alpha value is -2.11. The molecule has 0 saturated heterocycles. The van der Waals surface area contributed by atoms with Gasteiger partial charge in [0.15, 0.2) is 5.15 Å². The number of pyridine rings is 1. The van der Waals surface area contributed by atoms with Gasteiger partial charge >= 0.3 is 6.18 Å². The Bertz CT molecular complexity index is 1010. The summed E-state index contributed by atoms with van der Waals surface area (Å²) >= 11 is 7.61. The van der Waals surface area contributed by atoms with Crippen molar-refractivity contribution in [2.45, 2.75) is 43.9 Å². The fourth-order valence-corrected chi connectivity index (χ4v) is 4.43. The number of imidazole rings is 1. The van der Waals surface area contributed by atoms with Crippen molar-refractivity contribution in [2.75, 3.05) is 11.1 Å². The van der Waals surface area contributed by atoms with Gasteiger partial charge in [-0.25, -0.2) is 9.97 Å². The van der Waals surface area contributed by atoms with Crippen LogP contribution < -0.4 is 16.8 Å². The summed E-state index contributed by atoms with van der Waals surface area (Å²) in [6, 6.07) is 1.42. The second-order valence-corrected chi connectivity index (χ2v) is 8.08. The van der Waals surface area contributed by atoms with Gasteiger partial charge in [-0.05, 0) is 31.7 Å². The number of nitrogen functional groups attached to an aromatic ring is 1. The normalized spacial score (nSPS) is 20.6. The molecule has 0 radical (unpaired) electrons. The molecule has 1 aliphatic rings. The average Bonchev–Trinajstić information content (AvgIpc) is 3.15. The van der Waals surface area contributed by atoms with Gasteiger partial charge in [-0.15, -0.1) is 5.10 Å². The molecule has 1 aliphatic carbocycles. The lowest BCUT2D eigenvalue weighted by Gasteiger charge is -2.26. The van der Waals surface area contributed by atoms with Crippen LogP contribution in [0.3, 0.4) is 0 Å². The first kappa shape index (κ1) is 19.2. The summed E-state index contributed by atoms with van der Waals surface area (Å²) in [6.07, 6.45) is 0.425. The van der Waals surface area contributed by atoms with E-state index in [-0.39, 0.29) is 28.5 Å². The Morgan fingerprint density at radius 1 is 1.25 bits per heavy atom. The topological polar surface area (TPSA) is 107 Å². The van der Waals surface area contributed by atoms with Crippen LogP contribution in [-0.2, 0) is 6.18 Å². The van der Waals surface area contributed by atoms with E-state index < -0.39 is 17.6 Å². The number of rotatable bonds is 3. The van der Waals surface area contributed by atoms with Gasteiger partial charge in [-0.2, -0.15) is 17.7 Å². The van der Waals surface area contributed by atoms with E-state index in [0.29, 0.717) is 10.1 Å². The van der Waals surface area contributed by atoms with Crippen LogP contribution in [0.1, 0.15) is 31.2 Å². The van der Waals surface area contributed by atoms with E-state index in [9.17, 15) is 13.2 Å². The fraction of sp³-hybridized carbons (Fsp3) is 0.438. The van der Waals surface area contributed by atoms with Crippen molar-refractivity contribution in [2.24, 2.45) is 5.73 Å². The lowest BCUT2D eigenvalue weighted by Crippen LogP contribution is -2.32. The van der Waals surface area contributed by atoms with Crippen molar-refractivity contribution >= 4 is 38.8 Å². The molecule has 0 aliphatic heterocycles. The van der Waals surface area contributed by atoms with E-state index in [4.69, 9.17) is 23.1 Å². The van der Waals surface area contributed by atoms with Gasteiger partial charge < -0.3 is 16.8 Å². The van der Waals surface area contributed by atoms with Crippen LogP contribution >= 0.6 is 22.9 Å². The number of aromatic nitrogens is 4. The predicted octanol–water partition coefficient (Wildman–Crippen LogP) is 3.79. The van der Waals surface area contributed by atoms with Gasteiger partial charge in [0.25, 0.3) is 0 Å². The van der Waals surface area contributed by atoms with Gasteiger partial charge in [0.05, 0.1) is 5.56 Å². The molecule has 12 heteroatoms. The van der Waals surface area contributed by atoms with Crippen LogP contribution in [0.25, 0.3) is 16.2 Å². The molecule has 1 saturated carbocycles. The monoisotopic (exact) mass is 431 g/mol. The number of hydrogen-bond acceptors (Lipinski definition) is 7. The van der Waals surface area contributed by atoms with Crippen LogP contribution in [0.4, 0.5) is 24.1 Å². The number of hydrogen-bond donors (Lipinski definition) is 3. The highest BCUT2D eigenvalue weighted by molar-refractivity contribution is 7.20. The minimum atomic E-state index is -4.62. The summed E-state index contributed by atoms with van der Waals surface area (Å²) in [4.78, 5) is 8.44. The molecular formula is C16H17ClF3N7S.